The molecule has 2 atom stereocenters. The monoisotopic (exact) mass is 407 g/mol. The summed E-state index contributed by atoms with van der Waals surface area (Å²) in [6, 6.07) is 8.84. The highest BCUT2D eigenvalue weighted by Crippen LogP contribution is 2.46. The summed E-state index contributed by atoms with van der Waals surface area (Å²) in [5, 5.41) is 3.80. The minimum absolute atomic E-state index is 0.101. The van der Waals surface area contributed by atoms with Crippen molar-refractivity contribution in [3.05, 3.63) is 46.5 Å². The van der Waals surface area contributed by atoms with Gasteiger partial charge in [-0.05, 0) is 48.2 Å². The lowest BCUT2D eigenvalue weighted by Crippen LogP contribution is -2.39. The van der Waals surface area contributed by atoms with E-state index in [0.29, 0.717) is 22.1 Å². The fourth-order valence-electron chi connectivity index (χ4n) is 4.24. The van der Waals surface area contributed by atoms with Crippen LogP contribution < -0.4 is 10.1 Å². The average molecular weight is 408 g/mol. The van der Waals surface area contributed by atoms with Crippen molar-refractivity contribution < 1.29 is 17.7 Å². The predicted octanol–water partition coefficient (Wildman–Crippen LogP) is 4.22. The molecule has 5 nitrogen and oxygen atoms in total. The highest BCUT2D eigenvalue weighted by molar-refractivity contribution is 7.85. The summed E-state index contributed by atoms with van der Waals surface area (Å²) < 4.78 is 39.6. The number of hydrogen-bond donors (Lipinski definition) is 2. The number of rotatable bonds is 3. The van der Waals surface area contributed by atoms with Gasteiger partial charge in [0.25, 0.3) is 10.1 Å². The normalized spacial score (nSPS) is 21.7. The second-order valence-corrected chi connectivity index (χ2v) is 9.27. The first-order chi connectivity index (χ1) is 12.8. The third-order valence-corrected chi connectivity index (χ3v) is 6.64. The fraction of sp³-hybridized carbons (Fsp3) is 0.400. The lowest BCUT2D eigenvalue weighted by Gasteiger charge is -2.24. The van der Waals surface area contributed by atoms with Crippen LogP contribution in [0.2, 0.25) is 5.02 Å². The Labute approximate surface area is 164 Å². The lowest BCUT2D eigenvalue weighted by molar-refractivity contribution is 0.177. The molecule has 1 saturated heterocycles. The highest BCUT2D eigenvalue weighted by Gasteiger charge is 2.36. The van der Waals surface area contributed by atoms with E-state index < -0.39 is 10.1 Å². The van der Waals surface area contributed by atoms with Crippen LogP contribution in [-0.4, -0.2) is 32.2 Å². The zero-order valence-electron chi connectivity index (χ0n) is 15.2. The van der Waals surface area contributed by atoms with E-state index >= 15 is 0 Å². The minimum Gasteiger partial charge on any atom is -0.488 e. The zero-order valence-corrected chi connectivity index (χ0v) is 16.8. The summed E-state index contributed by atoms with van der Waals surface area (Å²) in [7, 11) is -4.35. The third kappa shape index (κ3) is 3.25. The van der Waals surface area contributed by atoms with E-state index in [-0.39, 0.29) is 16.9 Å². The third-order valence-electron chi connectivity index (χ3n) is 5.42. The highest BCUT2D eigenvalue weighted by atomic mass is 35.5. The van der Waals surface area contributed by atoms with Crippen LogP contribution in [0.1, 0.15) is 43.2 Å². The van der Waals surface area contributed by atoms with Gasteiger partial charge in [-0.15, -0.1) is 0 Å². The Bertz CT molecular complexity index is 1000. The van der Waals surface area contributed by atoms with E-state index in [9.17, 15) is 13.0 Å². The van der Waals surface area contributed by atoms with Crippen molar-refractivity contribution in [2.24, 2.45) is 0 Å². The molecule has 4 rings (SSSR count). The Balaban J connectivity index is 1.88. The Hall–Kier alpha value is -1.60. The predicted molar refractivity (Wildman–Crippen MR) is 105 cm³/mol. The molecule has 27 heavy (non-hydrogen) atoms. The Morgan fingerprint density at radius 3 is 2.74 bits per heavy atom. The SMILES string of the molecule is CC(C)c1c(S(=O)(=O)O)ccc(Cl)c1-c1ccc2c(c1)OC1CNCCC21. The molecule has 2 aliphatic rings. The van der Waals surface area contributed by atoms with Crippen molar-refractivity contribution in [3.63, 3.8) is 0 Å². The van der Waals surface area contributed by atoms with E-state index in [2.05, 4.69) is 11.4 Å². The van der Waals surface area contributed by atoms with Crippen molar-refractivity contribution >= 4 is 21.7 Å². The van der Waals surface area contributed by atoms with Crippen molar-refractivity contribution in [2.75, 3.05) is 13.1 Å². The first-order valence-corrected chi connectivity index (χ1v) is 10.9. The number of fused-ring (bicyclic) bond motifs is 3. The standard InChI is InChI=1S/C20H22ClNO4S/c1-11(2)19-18(27(23,24)25)6-5-15(21)20(19)12-3-4-13-14-7-8-22-10-17(14)26-16(13)9-12/h3-6,9,11,14,17,22H,7-8,10H2,1-2H3,(H,23,24,25). The molecule has 2 aromatic rings. The lowest BCUT2D eigenvalue weighted by atomic mass is 9.87. The number of piperidine rings is 1. The summed E-state index contributed by atoms with van der Waals surface area (Å²) in [5.41, 5.74) is 3.13. The van der Waals surface area contributed by atoms with E-state index in [1.165, 1.54) is 17.7 Å². The van der Waals surface area contributed by atoms with Gasteiger partial charge in [0.05, 0.1) is 4.90 Å². The molecule has 0 saturated carbocycles. The molecule has 2 N–H and O–H groups in total. The summed E-state index contributed by atoms with van der Waals surface area (Å²) in [6.07, 6.45) is 1.17. The Morgan fingerprint density at radius 1 is 1.26 bits per heavy atom. The molecular formula is C20H22ClNO4S. The maximum absolute atomic E-state index is 11.9. The average Bonchev–Trinajstić information content (AvgIpc) is 2.97. The van der Waals surface area contributed by atoms with Crippen molar-refractivity contribution in [1.29, 1.82) is 0 Å². The van der Waals surface area contributed by atoms with Gasteiger partial charge in [-0.25, -0.2) is 0 Å². The van der Waals surface area contributed by atoms with Crippen LogP contribution in [-0.2, 0) is 10.1 Å². The zero-order chi connectivity index (χ0) is 19.3. The van der Waals surface area contributed by atoms with Gasteiger partial charge in [-0.2, -0.15) is 8.42 Å². The minimum atomic E-state index is -4.35. The van der Waals surface area contributed by atoms with Crippen molar-refractivity contribution in [2.45, 2.75) is 43.1 Å². The first kappa shape index (κ1) is 18.7. The van der Waals surface area contributed by atoms with E-state index in [1.54, 1.807) is 0 Å². The summed E-state index contributed by atoms with van der Waals surface area (Å²) in [4.78, 5) is -0.101. The van der Waals surface area contributed by atoms with Crippen LogP contribution >= 0.6 is 11.6 Å². The van der Waals surface area contributed by atoms with Crippen molar-refractivity contribution in [1.82, 2.24) is 5.32 Å². The van der Waals surface area contributed by atoms with Crippen LogP contribution in [0.15, 0.2) is 35.2 Å². The molecule has 0 spiro atoms. The van der Waals surface area contributed by atoms with Gasteiger partial charge in [-0.1, -0.05) is 37.6 Å². The Kier molecular flexibility index (Phi) is 4.71. The maximum Gasteiger partial charge on any atom is 0.294 e. The number of halogens is 1. The van der Waals surface area contributed by atoms with E-state index in [0.717, 1.165) is 30.8 Å². The number of ether oxygens (including phenoxy) is 1. The molecule has 0 bridgehead atoms. The molecule has 2 aliphatic heterocycles. The molecule has 1 fully saturated rings. The van der Waals surface area contributed by atoms with E-state index in [4.69, 9.17) is 16.3 Å². The molecule has 2 aromatic carbocycles. The molecule has 2 unspecified atom stereocenters. The quantitative estimate of drug-likeness (QED) is 0.745. The van der Waals surface area contributed by atoms with E-state index in [1.807, 2.05) is 26.0 Å². The van der Waals surface area contributed by atoms with Crippen LogP contribution in [0.25, 0.3) is 11.1 Å². The summed E-state index contributed by atoms with van der Waals surface area (Å²) >= 11 is 6.48. The topological polar surface area (TPSA) is 75.6 Å². The molecule has 144 valence electrons. The van der Waals surface area contributed by atoms with Gasteiger partial charge in [-0.3, -0.25) is 4.55 Å². The molecular weight excluding hydrogens is 386 g/mol. The van der Waals surface area contributed by atoms with Crippen LogP contribution in [0.4, 0.5) is 0 Å². The molecule has 2 heterocycles. The summed E-state index contributed by atoms with van der Waals surface area (Å²) in [5.74, 6) is 1.07. The molecule has 7 heteroatoms. The van der Waals surface area contributed by atoms with Gasteiger partial charge in [0.1, 0.15) is 11.9 Å². The van der Waals surface area contributed by atoms with Gasteiger partial charge >= 0.3 is 0 Å². The number of benzene rings is 2. The smallest absolute Gasteiger partial charge is 0.294 e. The maximum atomic E-state index is 11.9. The van der Waals surface area contributed by atoms with Crippen molar-refractivity contribution in [3.8, 4) is 16.9 Å². The number of hydrogen-bond acceptors (Lipinski definition) is 4. The second kappa shape index (κ2) is 6.78. The van der Waals surface area contributed by atoms with Gasteiger partial charge < -0.3 is 10.1 Å². The van der Waals surface area contributed by atoms with Gasteiger partial charge in [0.15, 0.2) is 0 Å². The largest absolute Gasteiger partial charge is 0.488 e. The van der Waals surface area contributed by atoms with Gasteiger partial charge in [0.2, 0.25) is 0 Å². The molecule has 0 aromatic heterocycles. The van der Waals surface area contributed by atoms with Crippen LogP contribution in [0.5, 0.6) is 5.75 Å². The molecule has 0 aliphatic carbocycles. The molecule has 0 radical (unpaired) electrons. The fourth-order valence-corrected chi connectivity index (χ4v) is 5.37. The summed E-state index contributed by atoms with van der Waals surface area (Å²) in [6.45, 7) is 5.57. The molecule has 0 amide bonds. The van der Waals surface area contributed by atoms with Crippen LogP contribution in [0.3, 0.4) is 0 Å². The second-order valence-electron chi connectivity index (χ2n) is 7.47. The first-order valence-electron chi connectivity index (χ1n) is 9.09. The van der Waals surface area contributed by atoms with Crippen LogP contribution in [0, 0.1) is 0 Å². The number of nitrogens with one attached hydrogen (secondary N) is 1. The van der Waals surface area contributed by atoms with Gasteiger partial charge in [0, 0.05) is 28.6 Å². The Morgan fingerprint density at radius 2 is 2.04 bits per heavy atom.